The molecular formula is C50H58F3N7O7S2. The molecule has 3 aromatic carbocycles. The lowest BCUT2D eigenvalue weighted by molar-refractivity contribution is -0.144. The highest BCUT2D eigenvalue weighted by Gasteiger charge is 2.51. The first-order valence-electron chi connectivity index (χ1n) is 22.8. The quantitative estimate of drug-likeness (QED) is 0.0646. The van der Waals surface area contributed by atoms with Crippen LogP contribution in [0.5, 0.6) is 5.75 Å². The van der Waals surface area contributed by atoms with Gasteiger partial charge in [-0.2, -0.15) is 18.4 Å². The molecule has 1 unspecified atom stereocenters. The number of likely N-dealkylation sites (tertiary alicyclic amines) is 1. The van der Waals surface area contributed by atoms with Crippen LogP contribution < -0.4 is 25.2 Å². The zero-order valence-electron chi connectivity index (χ0n) is 39.6. The number of halogens is 3. The Labute approximate surface area is 410 Å². The zero-order chi connectivity index (χ0) is 50.1. The van der Waals surface area contributed by atoms with E-state index in [9.17, 15) is 37.6 Å². The van der Waals surface area contributed by atoms with Gasteiger partial charge in [0.05, 0.1) is 45.6 Å². The maximum atomic E-state index is 13.9. The number of anilines is 2. The lowest BCUT2D eigenvalue weighted by Crippen LogP contribution is -2.58. The van der Waals surface area contributed by atoms with Crippen LogP contribution in [0.1, 0.15) is 89.1 Å². The highest BCUT2D eigenvalue weighted by atomic mass is 32.1. The summed E-state index contributed by atoms with van der Waals surface area (Å²) in [4.78, 5) is 63.4. The van der Waals surface area contributed by atoms with Gasteiger partial charge in [-0.1, -0.05) is 45.0 Å². The SMILES string of the molecule is Cc1ncsc1-c1ccc(CNC(=O)[C@@H]2CCCN2C(=O)C(NC(=O)COCCCCOCCCOc2ccc(N3C(=S)N(c4ccc(C#N)c(C(F)(F)F)c4)C(=O)C3(C)C)cc2)C(C)(C)C)cc1. The number of unbranched alkanes of at least 4 members (excludes halogenated alkanes) is 1. The number of aromatic nitrogens is 1. The van der Waals surface area contributed by atoms with Crippen molar-refractivity contribution >= 4 is 63.7 Å². The molecule has 4 amide bonds. The van der Waals surface area contributed by atoms with Crippen molar-refractivity contribution in [1.29, 1.82) is 5.26 Å². The second-order valence-electron chi connectivity index (χ2n) is 18.5. The molecule has 0 radical (unpaired) electrons. The second-order valence-corrected chi connectivity index (χ2v) is 19.7. The van der Waals surface area contributed by atoms with Crippen LogP contribution >= 0.6 is 23.6 Å². The molecule has 0 aliphatic carbocycles. The Morgan fingerprint density at radius 3 is 2.26 bits per heavy atom. The molecule has 19 heteroatoms. The van der Waals surface area contributed by atoms with Gasteiger partial charge in [0.1, 0.15) is 30.0 Å². The summed E-state index contributed by atoms with van der Waals surface area (Å²) in [5, 5.41) is 15.1. The highest BCUT2D eigenvalue weighted by Crippen LogP contribution is 2.40. The molecule has 4 aromatic rings. The fraction of sp³-hybridized carbons (Fsp3) is 0.460. The minimum atomic E-state index is -4.80. The van der Waals surface area contributed by atoms with E-state index in [0.29, 0.717) is 83.1 Å². The Balaban J connectivity index is 0.857. The van der Waals surface area contributed by atoms with E-state index < -0.39 is 52.2 Å². The number of carbonyl (C=O) groups excluding carboxylic acids is 4. The van der Waals surface area contributed by atoms with Gasteiger partial charge in [-0.15, -0.1) is 11.3 Å². The summed E-state index contributed by atoms with van der Waals surface area (Å²) >= 11 is 7.20. The molecule has 2 saturated heterocycles. The van der Waals surface area contributed by atoms with Crippen LogP contribution in [0.3, 0.4) is 0 Å². The Morgan fingerprint density at radius 2 is 1.62 bits per heavy atom. The van der Waals surface area contributed by atoms with Gasteiger partial charge >= 0.3 is 6.18 Å². The summed E-state index contributed by atoms with van der Waals surface area (Å²) in [6.45, 7) is 13.0. The highest BCUT2D eigenvalue weighted by molar-refractivity contribution is 7.81. The largest absolute Gasteiger partial charge is 0.494 e. The van der Waals surface area contributed by atoms with Gasteiger partial charge in [-0.05, 0) is 118 Å². The maximum absolute atomic E-state index is 13.9. The summed E-state index contributed by atoms with van der Waals surface area (Å²) in [5.41, 5.74) is 1.71. The van der Waals surface area contributed by atoms with Gasteiger partial charge in [0.15, 0.2) is 5.11 Å². The molecule has 368 valence electrons. The molecule has 14 nitrogen and oxygen atoms in total. The number of alkyl halides is 3. The number of nitrogens with zero attached hydrogens (tertiary/aromatic N) is 5. The lowest BCUT2D eigenvalue weighted by atomic mass is 9.85. The summed E-state index contributed by atoms with van der Waals surface area (Å²) in [5.74, 6) is -0.893. The number of ether oxygens (including phenoxy) is 3. The van der Waals surface area contributed by atoms with Crippen molar-refractivity contribution in [3.05, 3.63) is 94.6 Å². The first-order valence-corrected chi connectivity index (χ1v) is 24.1. The lowest BCUT2D eigenvalue weighted by Gasteiger charge is -2.35. The van der Waals surface area contributed by atoms with E-state index in [1.807, 2.05) is 57.5 Å². The van der Waals surface area contributed by atoms with E-state index in [1.54, 1.807) is 65.3 Å². The number of amides is 4. The summed E-state index contributed by atoms with van der Waals surface area (Å²) in [6, 6.07) is 18.0. The molecule has 2 N–H and O–H groups in total. The second kappa shape index (κ2) is 22.7. The van der Waals surface area contributed by atoms with Gasteiger partial charge in [0.25, 0.3) is 5.91 Å². The first kappa shape index (κ1) is 52.4. The Kier molecular flexibility index (Phi) is 17.2. The van der Waals surface area contributed by atoms with Gasteiger partial charge in [-0.25, -0.2) is 4.98 Å². The molecule has 2 aliphatic heterocycles. The molecule has 0 bridgehead atoms. The molecule has 2 fully saturated rings. The number of nitrogens with one attached hydrogen (secondary N) is 2. The average molecular weight is 990 g/mol. The molecule has 6 rings (SSSR count). The smallest absolute Gasteiger partial charge is 0.417 e. The van der Waals surface area contributed by atoms with E-state index in [2.05, 4.69) is 15.6 Å². The Bertz CT molecular complexity index is 2520. The van der Waals surface area contributed by atoms with Crippen LogP contribution in [0.25, 0.3) is 10.4 Å². The third kappa shape index (κ3) is 12.8. The van der Waals surface area contributed by atoms with Crippen molar-refractivity contribution in [1.82, 2.24) is 20.5 Å². The van der Waals surface area contributed by atoms with Crippen LogP contribution in [0.4, 0.5) is 24.5 Å². The number of aryl methyl sites for hydroxylation is 1. The number of thiocarbonyl (C=S) groups is 1. The van der Waals surface area contributed by atoms with Gasteiger partial charge in [0, 0.05) is 45.0 Å². The summed E-state index contributed by atoms with van der Waals surface area (Å²) in [6.07, 6.45) is -1.61. The fourth-order valence-corrected chi connectivity index (χ4v) is 9.49. The molecular weight excluding hydrogens is 932 g/mol. The van der Waals surface area contributed by atoms with E-state index >= 15 is 0 Å². The van der Waals surface area contributed by atoms with Crippen molar-refractivity contribution in [2.75, 3.05) is 49.4 Å². The van der Waals surface area contributed by atoms with Crippen molar-refractivity contribution in [2.24, 2.45) is 5.41 Å². The van der Waals surface area contributed by atoms with Gasteiger partial charge in [0.2, 0.25) is 17.7 Å². The predicted molar refractivity (Wildman–Crippen MR) is 260 cm³/mol. The topological polar surface area (TPSA) is 166 Å². The minimum absolute atomic E-state index is 0.00284. The number of nitriles is 1. The summed E-state index contributed by atoms with van der Waals surface area (Å²) in [7, 11) is 0. The van der Waals surface area contributed by atoms with Crippen LogP contribution in [0, 0.1) is 23.7 Å². The van der Waals surface area contributed by atoms with Gasteiger partial charge in [-0.3, -0.25) is 24.1 Å². The van der Waals surface area contributed by atoms with Crippen LogP contribution in [-0.4, -0.2) is 95.8 Å². The van der Waals surface area contributed by atoms with E-state index in [4.69, 9.17) is 26.4 Å². The van der Waals surface area contributed by atoms with Crippen LogP contribution in [0.15, 0.2) is 72.2 Å². The zero-order valence-corrected chi connectivity index (χ0v) is 41.2. The number of benzene rings is 3. The van der Waals surface area contributed by atoms with Crippen molar-refractivity contribution in [3.8, 4) is 22.3 Å². The summed E-state index contributed by atoms with van der Waals surface area (Å²) < 4.78 is 58.3. The number of hydrogen-bond acceptors (Lipinski definition) is 11. The molecule has 0 saturated carbocycles. The number of hydrogen-bond donors (Lipinski definition) is 2. The van der Waals surface area contributed by atoms with Crippen molar-refractivity contribution in [2.45, 2.75) is 104 Å². The van der Waals surface area contributed by atoms with Crippen LogP contribution in [0.2, 0.25) is 0 Å². The number of thiazole rings is 1. The fourth-order valence-electron chi connectivity index (χ4n) is 8.16. The molecule has 0 spiro atoms. The van der Waals surface area contributed by atoms with E-state index in [-0.39, 0.29) is 29.2 Å². The average Bonchev–Trinajstić information content (AvgIpc) is 4.02. The minimum Gasteiger partial charge on any atom is -0.494 e. The molecule has 3 heterocycles. The maximum Gasteiger partial charge on any atom is 0.417 e. The third-order valence-electron chi connectivity index (χ3n) is 11.9. The molecule has 69 heavy (non-hydrogen) atoms. The Hall–Kier alpha value is -5.94. The normalized spacial score (nSPS) is 16.4. The van der Waals surface area contributed by atoms with Crippen molar-refractivity contribution in [3.63, 3.8) is 0 Å². The van der Waals surface area contributed by atoms with E-state index in [1.165, 1.54) is 6.07 Å². The number of carbonyl (C=O) groups is 4. The van der Waals surface area contributed by atoms with E-state index in [0.717, 1.165) is 38.7 Å². The molecule has 1 aromatic heterocycles. The van der Waals surface area contributed by atoms with Crippen molar-refractivity contribution < 1.29 is 46.6 Å². The van der Waals surface area contributed by atoms with Crippen LogP contribution in [-0.2, 0) is 41.4 Å². The Morgan fingerprint density at radius 1 is 0.957 bits per heavy atom. The molecule has 2 aliphatic rings. The standard InChI is InChI=1S/C50H58F3N7O7S2/c1-32-42(69-31-56-32)34-14-12-33(13-15-34)29-55-44(62)40-11-9-22-58(40)45(63)43(48(2,3)4)57-41(61)30-66-24-8-7-23-65-25-10-26-67-38-20-18-36(19-21-38)60-47(68)59(46(64)49(60,5)6)37-17-16-35(28-54)39(27-37)50(51,52)53/h12-21,27,31,40,43H,7-11,22-26,29-30H2,1-6H3,(H,55,62)(H,57,61)/t40-,43?/m0/s1. The predicted octanol–water partition coefficient (Wildman–Crippen LogP) is 8.35. The van der Waals surface area contributed by atoms with Gasteiger partial charge < -0.3 is 34.6 Å². The first-order chi connectivity index (χ1) is 32.7. The monoisotopic (exact) mass is 989 g/mol. The third-order valence-corrected chi connectivity index (χ3v) is 13.2. The number of rotatable bonds is 20. The molecule has 2 atom stereocenters.